The summed E-state index contributed by atoms with van der Waals surface area (Å²) >= 11 is 0. The molecule has 1 N–H and O–H groups in total. The molecule has 7 nitrogen and oxygen atoms in total. The Kier molecular flexibility index (Phi) is 8.69. The van der Waals surface area contributed by atoms with Crippen molar-refractivity contribution in [3.8, 4) is 5.75 Å². The summed E-state index contributed by atoms with van der Waals surface area (Å²) in [6.45, 7) is 7.43. The molecule has 0 fully saturated rings. The zero-order valence-electron chi connectivity index (χ0n) is 19.4. The Hall–Kier alpha value is -2.58. The van der Waals surface area contributed by atoms with E-state index in [0.717, 1.165) is 24.8 Å². The molecular formula is C24H33NO6S. The number of hydrogen-bond acceptors (Lipinski definition) is 6. The number of carbonyl (C=O) groups excluding carboxylic acids is 1. The molecule has 176 valence electrons. The number of aliphatic hydroxyl groups is 1. The van der Waals surface area contributed by atoms with Crippen LogP contribution < -0.4 is 4.18 Å². The molecule has 1 atom stereocenters. The van der Waals surface area contributed by atoms with Gasteiger partial charge in [0, 0.05) is 7.05 Å². The van der Waals surface area contributed by atoms with Gasteiger partial charge in [-0.05, 0) is 69.0 Å². The molecule has 0 heterocycles. The van der Waals surface area contributed by atoms with E-state index in [-0.39, 0.29) is 17.2 Å². The van der Waals surface area contributed by atoms with Gasteiger partial charge in [0.25, 0.3) is 0 Å². The Morgan fingerprint density at radius 1 is 1.06 bits per heavy atom. The number of amides is 1. The van der Waals surface area contributed by atoms with E-state index in [4.69, 9.17) is 8.92 Å². The van der Waals surface area contributed by atoms with Gasteiger partial charge in [0.15, 0.2) is 0 Å². The third-order valence-corrected chi connectivity index (χ3v) is 5.92. The molecule has 32 heavy (non-hydrogen) atoms. The highest BCUT2D eigenvalue weighted by atomic mass is 32.2. The average Bonchev–Trinajstić information content (AvgIpc) is 2.71. The van der Waals surface area contributed by atoms with Crippen LogP contribution in [0.1, 0.15) is 57.8 Å². The van der Waals surface area contributed by atoms with E-state index >= 15 is 0 Å². The molecule has 0 saturated carbocycles. The predicted molar refractivity (Wildman–Crippen MR) is 123 cm³/mol. The summed E-state index contributed by atoms with van der Waals surface area (Å²) < 4.78 is 35.6. The van der Waals surface area contributed by atoms with Crippen molar-refractivity contribution in [1.29, 1.82) is 0 Å². The molecule has 0 aliphatic carbocycles. The highest BCUT2D eigenvalue weighted by Crippen LogP contribution is 2.23. The lowest BCUT2D eigenvalue weighted by Gasteiger charge is -2.26. The van der Waals surface area contributed by atoms with Gasteiger partial charge in [-0.15, -0.1) is 0 Å². The van der Waals surface area contributed by atoms with Gasteiger partial charge in [-0.1, -0.05) is 37.6 Å². The molecular weight excluding hydrogens is 430 g/mol. The predicted octanol–water partition coefficient (Wildman–Crippen LogP) is 4.70. The molecule has 0 aromatic heterocycles. The number of aryl methyl sites for hydroxylation is 1. The number of ether oxygens (including phenoxy) is 1. The third kappa shape index (κ3) is 7.84. The second-order valence-corrected chi connectivity index (χ2v) is 10.3. The molecule has 1 amide bonds. The van der Waals surface area contributed by atoms with Crippen LogP contribution in [0.5, 0.6) is 5.75 Å². The third-order valence-electron chi connectivity index (χ3n) is 4.65. The number of nitrogens with zero attached hydrogens (tertiary/aromatic N) is 1. The van der Waals surface area contributed by atoms with Gasteiger partial charge < -0.3 is 18.9 Å². The minimum absolute atomic E-state index is 0.0256. The molecule has 0 radical (unpaired) electrons. The quantitative estimate of drug-likeness (QED) is 0.542. The van der Waals surface area contributed by atoms with Gasteiger partial charge in [0.05, 0.1) is 12.6 Å². The standard InChI is InChI=1S/C24H33NO6S/c1-6-7-8-18-9-15-21(16-10-18)32(28,29)31-20-13-11-19(12-14-20)22(26)17-25(5)23(27)30-24(2,3)4/h9-16,22,26H,6-8,17H2,1-5H3. The molecule has 1 unspecified atom stereocenters. The fourth-order valence-corrected chi connectivity index (χ4v) is 3.83. The van der Waals surface area contributed by atoms with E-state index in [0.29, 0.717) is 5.56 Å². The highest BCUT2D eigenvalue weighted by Gasteiger charge is 2.22. The maximum absolute atomic E-state index is 12.6. The van der Waals surface area contributed by atoms with Crippen molar-refractivity contribution >= 4 is 16.2 Å². The lowest BCUT2D eigenvalue weighted by molar-refractivity contribution is 0.0205. The van der Waals surface area contributed by atoms with Crippen LogP contribution in [0.25, 0.3) is 0 Å². The van der Waals surface area contributed by atoms with Crippen LogP contribution in [0.2, 0.25) is 0 Å². The van der Waals surface area contributed by atoms with Crippen LogP contribution in [0.4, 0.5) is 4.79 Å². The summed E-state index contributed by atoms with van der Waals surface area (Å²) in [5, 5.41) is 10.4. The first-order valence-corrected chi connectivity index (χ1v) is 12.1. The smallest absolute Gasteiger partial charge is 0.410 e. The van der Waals surface area contributed by atoms with Gasteiger partial charge in [-0.25, -0.2) is 4.79 Å². The Labute approximate surface area is 191 Å². The van der Waals surface area contributed by atoms with E-state index in [9.17, 15) is 18.3 Å². The summed E-state index contributed by atoms with van der Waals surface area (Å²) in [6, 6.07) is 12.8. The Morgan fingerprint density at radius 2 is 1.66 bits per heavy atom. The molecule has 0 bridgehead atoms. The van der Waals surface area contributed by atoms with Crippen LogP contribution in [-0.2, 0) is 21.3 Å². The maximum Gasteiger partial charge on any atom is 0.410 e. The number of carbonyl (C=O) groups is 1. The molecule has 2 rings (SSSR count). The summed E-state index contributed by atoms with van der Waals surface area (Å²) in [5.41, 5.74) is 0.974. The van der Waals surface area contributed by atoms with Crippen LogP contribution in [0.15, 0.2) is 53.4 Å². The fourth-order valence-electron chi connectivity index (χ4n) is 2.90. The van der Waals surface area contributed by atoms with Crippen molar-refractivity contribution in [3.05, 3.63) is 59.7 Å². The topological polar surface area (TPSA) is 93.1 Å². The number of benzene rings is 2. The summed E-state index contributed by atoms with van der Waals surface area (Å²) in [5.74, 6) is 0.136. The second kappa shape index (κ2) is 10.8. The lowest BCUT2D eigenvalue weighted by Crippen LogP contribution is -2.36. The molecule has 2 aromatic rings. The zero-order chi connectivity index (χ0) is 23.9. The van der Waals surface area contributed by atoms with Crippen molar-refractivity contribution in [2.24, 2.45) is 0 Å². The van der Waals surface area contributed by atoms with Gasteiger partial charge in [-0.2, -0.15) is 8.42 Å². The first kappa shape index (κ1) is 25.7. The Morgan fingerprint density at radius 3 is 2.19 bits per heavy atom. The minimum atomic E-state index is -3.96. The number of aliphatic hydroxyl groups excluding tert-OH is 1. The normalized spacial score (nSPS) is 12.8. The summed E-state index contributed by atoms with van der Waals surface area (Å²) in [6.07, 6.45) is 1.53. The second-order valence-electron chi connectivity index (χ2n) is 8.73. The Balaban J connectivity index is 2.00. The molecule has 0 saturated heterocycles. The SMILES string of the molecule is CCCCc1ccc(S(=O)(=O)Oc2ccc(C(O)CN(C)C(=O)OC(C)(C)C)cc2)cc1. The molecule has 0 spiro atoms. The molecule has 0 aliphatic rings. The van der Waals surface area contributed by atoms with E-state index < -0.39 is 27.9 Å². The minimum Gasteiger partial charge on any atom is -0.444 e. The number of unbranched alkanes of at least 4 members (excludes halogenated alkanes) is 1. The molecule has 2 aromatic carbocycles. The number of hydrogen-bond donors (Lipinski definition) is 1. The van der Waals surface area contributed by atoms with Crippen LogP contribution in [0.3, 0.4) is 0 Å². The van der Waals surface area contributed by atoms with E-state index in [2.05, 4.69) is 6.92 Å². The number of rotatable bonds is 9. The van der Waals surface area contributed by atoms with E-state index in [1.54, 1.807) is 57.2 Å². The van der Waals surface area contributed by atoms with Gasteiger partial charge in [0.1, 0.15) is 16.2 Å². The molecule has 8 heteroatoms. The summed E-state index contributed by atoms with van der Waals surface area (Å²) in [4.78, 5) is 13.4. The van der Waals surface area contributed by atoms with Gasteiger partial charge >= 0.3 is 16.2 Å². The van der Waals surface area contributed by atoms with Crippen molar-refractivity contribution in [2.45, 2.75) is 63.6 Å². The van der Waals surface area contributed by atoms with Gasteiger partial charge in [0.2, 0.25) is 0 Å². The van der Waals surface area contributed by atoms with Crippen LogP contribution >= 0.6 is 0 Å². The average molecular weight is 464 g/mol. The van der Waals surface area contributed by atoms with Crippen molar-refractivity contribution in [1.82, 2.24) is 4.90 Å². The number of likely N-dealkylation sites (N-methyl/N-ethyl adjacent to an activating group) is 1. The largest absolute Gasteiger partial charge is 0.444 e. The first-order chi connectivity index (χ1) is 14.9. The van der Waals surface area contributed by atoms with E-state index in [1.807, 2.05) is 0 Å². The first-order valence-electron chi connectivity index (χ1n) is 10.7. The van der Waals surface area contributed by atoms with Crippen molar-refractivity contribution < 1.29 is 27.2 Å². The monoisotopic (exact) mass is 463 g/mol. The van der Waals surface area contributed by atoms with Gasteiger partial charge in [-0.3, -0.25) is 0 Å². The lowest BCUT2D eigenvalue weighted by atomic mass is 10.1. The Bertz CT molecular complexity index is 979. The summed E-state index contributed by atoms with van der Waals surface area (Å²) in [7, 11) is -2.43. The van der Waals surface area contributed by atoms with E-state index in [1.165, 1.54) is 24.1 Å². The molecule has 0 aliphatic heterocycles. The maximum atomic E-state index is 12.6. The van der Waals surface area contributed by atoms with Crippen LogP contribution in [-0.4, -0.2) is 43.7 Å². The van der Waals surface area contributed by atoms with Crippen molar-refractivity contribution in [2.75, 3.05) is 13.6 Å². The highest BCUT2D eigenvalue weighted by molar-refractivity contribution is 7.87. The zero-order valence-corrected chi connectivity index (χ0v) is 20.2. The van der Waals surface area contributed by atoms with Crippen molar-refractivity contribution in [3.63, 3.8) is 0 Å². The fraction of sp³-hybridized carbons (Fsp3) is 0.458. The van der Waals surface area contributed by atoms with Crippen LogP contribution in [0, 0.1) is 0 Å².